The van der Waals surface area contributed by atoms with E-state index < -0.39 is 0 Å². The van der Waals surface area contributed by atoms with Crippen LogP contribution in [-0.2, 0) is 4.74 Å². The average molecular weight is 114 g/mol. The van der Waals surface area contributed by atoms with Crippen LogP contribution in [-0.4, -0.2) is 19.8 Å². The first kappa shape index (κ1) is 7.41. The molecule has 0 unspecified atom stereocenters. The number of nitriles is 1. The Kier molecular flexibility index (Phi) is 5.94. The van der Waals surface area contributed by atoms with E-state index in [0.717, 1.165) is 6.54 Å². The van der Waals surface area contributed by atoms with Gasteiger partial charge >= 0.3 is 0 Å². The van der Waals surface area contributed by atoms with Gasteiger partial charge in [-0.1, -0.05) is 0 Å². The molecule has 0 rings (SSSR count). The van der Waals surface area contributed by atoms with Crippen LogP contribution in [0.4, 0.5) is 0 Å². The molecule has 0 spiro atoms. The predicted molar refractivity (Wildman–Crippen MR) is 28.6 cm³/mol. The van der Waals surface area contributed by atoms with Gasteiger partial charge in [-0.2, -0.15) is 12.3 Å². The van der Waals surface area contributed by atoms with Gasteiger partial charge in [-0.05, 0) is 0 Å². The number of hydrogen-bond acceptors (Lipinski definition) is 2. The molecule has 0 atom stereocenters. The van der Waals surface area contributed by atoms with Gasteiger partial charge in [0.05, 0.1) is 19.2 Å². The van der Waals surface area contributed by atoms with Crippen LogP contribution < -0.4 is 5.32 Å². The molecule has 0 amide bonds. The minimum atomic E-state index is 0.188. The van der Waals surface area contributed by atoms with E-state index in [1.54, 1.807) is 5.32 Å². The van der Waals surface area contributed by atoms with Gasteiger partial charge in [0.2, 0.25) is 0 Å². The molecule has 0 saturated heterocycles. The molecule has 0 aliphatic carbocycles. The maximum Gasteiger partial charge on any atom is 0.133 e. The van der Waals surface area contributed by atoms with Gasteiger partial charge in [0, 0.05) is 0 Å². The zero-order valence-corrected chi connectivity index (χ0v) is 4.76. The van der Waals surface area contributed by atoms with Gasteiger partial charge in [0.1, 0.15) is 6.61 Å². The lowest BCUT2D eigenvalue weighted by Gasteiger charge is -1.97. The lowest BCUT2D eigenvalue weighted by Crippen LogP contribution is -2.78. The number of rotatable bonds is 4. The first-order chi connectivity index (χ1) is 3.91. The summed E-state index contributed by atoms with van der Waals surface area (Å²) in [4.78, 5) is 0. The highest BCUT2D eigenvalue weighted by Gasteiger charge is 1.81. The maximum atomic E-state index is 7.96. The Morgan fingerprint density at radius 2 is 2.50 bits per heavy atom. The fraction of sp³-hybridized carbons (Fsp3) is 0.600. The second-order valence-electron chi connectivity index (χ2n) is 1.29. The molecule has 0 aromatic carbocycles. The van der Waals surface area contributed by atoms with Crippen molar-refractivity contribution < 1.29 is 10.1 Å². The van der Waals surface area contributed by atoms with Crippen molar-refractivity contribution in [1.82, 2.24) is 0 Å². The Labute approximate surface area is 49.3 Å². The Morgan fingerprint density at radius 1 is 1.75 bits per heavy atom. The summed E-state index contributed by atoms with van der Waals surface area (Å²) in [7, 11) is 3.50. The second-order valence-corrected chi connectivity index (χ2v) is 1.29. The Morgan fingerprint density at radius 3 is 3.00 bits per heavy atom. The third-order valence-corrected chi connectivity index (χ3v) is 0.633. The number of nitrogens with zero attached hydrogens (tertiary/aromatic N) is 1. The van der Waals surface area contributed by atoms with Crippen LogP contribution in [0.25, 0.3) is 0 Å². The molecule has 0 fully saturated rings. The Hall–Kier alpha value is -0.590. The molecule has 3 nitrogen and oxygen atoms in total. The molecular formula is C5H10N2O. The lowest BCUT2D eigenvalue weighted by molar-refractivity contribution is -0.597. The smallest absolute Gasteiger partial charge is 0.133 e. The number of quaternary nitrogens is 1. The van der Waals surface area contributed by atoms with Crippen LogP contribution in [0.3, 0.4) is 0 Å². The van der Waals surface area contributed by atoms with E-state index in [0.29, 0.717) is 6.61 Å². The fourth-order valence-corrected chi connectivity index (χ4v) is 0.284. The molecule has 0 radical (unpaired) electrons. The highest BCUT2D eigenvalue weighted by Crippen LogP contribution is 1.65. The summed E-state index contributed by atoms with van der Waals surface area (Å²) in [5.41, 5.74) is 0. The summed E-state index contributed by atoms with van der Waals surface area (Å²) in [5.74, 6) is 0. The Bertz CT molecular complexity index is 77.0. The van der Waals surface area contributed by atoms with Gasteiger partial charge in [0.15, 0.2) is 0 Å². The number of nitrogens with two attached hydrogens (primary N) is 1. The first-order valence-corrected chi connectivity index (χ1v) is 2.47. The SMILES string of the molecule is [CH2-][NH2+]CCOCC#N. The molecule has 0 aliphatic rings. The van der Waals surface area contributed by atoms with Crippen molar-refractivity contribution in [3.63, 3.8) is 0 Å². The van der Waals surface area contributed by atoms with Crippen molar-refractivity contribution in [2.45, 2.75) is 0 Å². The number of hydrogen-bond donors (Lipinski definition) is 1. The largest absolute Gasteiger partial charge is 0.477 e. The van der Waals surface area contributed by atoms with E-state index in [1.165, 1.54) is 0 Å². The van der Waals surface area contributed by atoms with Gasteiger partial charge in [-0.25, -0.2) is 0 Å². The summed E-state index contributed by atoms with van der Waals surface area (Å²) in [5, 5.41) is 9.73. The molecule has 0 heterocycles. The molecule has 0 aromatic heterocycles. The van der Waals surface area contributed by atoms with Crippen LogP contribution in [0, 0.1) is 18.4 Å². The molecular weight excluding hydrogens is 104 g/mol. The topological polar surface area (TPSA) is 49.6 Å². The summed E-state index contributed by atoms with van der Waals surface area (Å²) < 4.78 is 4.79. The van der Waals surface area contributed by atoms with E-state index in [9.17, 15) is 0 Å². The second kappa shape index (κ2) is 6.41. The Balaban J connectivity index is 2.65. The van der Waals surface area contributed by atoms with E-state index in [2.05, 4.69) is 7.05 Å². The van der Waals surface area contributed by atoms with Gasteiger partial charge < -0.3 is 10.1 Å². The molecule has 0 bridgehead atoms. The maximum absolute atomic E-state index is 7.96. The summed E-state index contributed by atoms with van der Waals surface area (Å²) in [6.45, 7) is 1.62. The molecule has 0 aliphatic heterocycles. The third-order valence-electron chi connectivity index (χ3n) is 0.633. The van der Waals surface area contributed by atoms with Crippen LogP contribution in [0.5, 0.6) is 0 Å². The van der Waals surface area contributed by atoms with Crippen LogP contribution >= 0.6 is 0 Å². The third kappa shape index (κ3) is 5.41. The normalized spacial score (nSPS) is 8.50. The van der Waals surface area contributed by atoms with Gasteiger partial charge in [0.25, 0.3) is 0 Å². The van der Waals surface area contributed by atoms with Crippen molar-refractivity contribution in [3.8, 4) is 6.07 Å². The molecule has 8 heavy (non-hydrogen) atoms. The predicted octanol–water partition coefficient (Wildman–Crippen LogP) is -1.12. The van der Waals surface area contributed by atoms with Crippen molar-refractivity contribution in [2.75, 3.05) is 19.8 Å². The van der Waals surface area contributed by atoms with E-state index >= 15 is 0 Å². The zero-order valence-electron chi connectivity index (χ0n) is 4.76. The fourth-order valence-electron chi connectivity index (χ4n) is 0.284. The van der Waals surface area contributed by atoms with Crippen LogP contribution in [0.15, 0.2) is 0 Å². The highest BCUT2D eigenvalue weighted by molar-refractivity contribution is 4.65. The minimum Gasteiger partial charge on any atom is -0.477 e. The summed E-state index contributed by atoms with van der Waals surface area (Å²) in [6, 6.07) is 1.87. The number of ether oxygens (including phenoxy) is 1. The molecule has 46 valence electrons. The van der Waals surface area contributed by atoms with Crippen LogP contribution in [0.2, 0.25) is 0 Å². The van der Waals surface area contributed by atoms with Gasteiger partial charge in [-0.3, -0.25) is 0 Å². The van der Waals surface area contributed by atoms with Gasteiger partial charge in [-0.15, -0.1) is 0 Å². The van der Waals surface area contributed by atoms with Crippen LogP contribution in [0.1, 0.15) is 0 Å². The monoisotopic (exact) mass is 114 g/mol. The van der Waals surface area contributed by atoms with E-state index in [1.807, 2.05) is 6.07 Å². The summed E-state index contributed by atoms with van der Waals surface area (Å²) in [6.07, 6.45) is 0. The van der Waals surface area contributed by atoms with Crippen molar-refractivity contribution >= 4 is 0 Å². The standard InChI is InChI=1S/C5H10N2O/c1-7-3-5-8-4-2-6/h1,3-5,7H2. The van der Waals surface area contributed by atoms with Crippen molar-refractivity contribution in [2.24, 2.45) is 0 Å². The highest BCUT2D eigenvalue weighted by atomic mass is 16.5. The lowest BCUT2D eigenvalue weighted by atomic mass is 10.7. The molecule has 2 N–H and O–H groups in total. The quantitative estimate of drug-likeness (QED) is 0.372. The van der Waals surface area contributed by atoms with Crippen molar-refractivity contribution in [3.05, 3.63) is 7.05 Å². The summed E-state index contributed by atoms with van der Waals surface area (Å²) >= 11 is 0. The van der Waals surface area contributed by atoms with E-state index in [-0.39, 0.29) is 6.61 Å². The molecule has 0 aromatic rings. The van der Waals surface area contributed by atoms with E-state index in [4.69, 9.17) is 10.00 Å². The van der Waals surface area contributed by atoms with Crippen molar-refractivity contribution in [1.29, 1.82) is 5.26 Å². The minimum absolute atomic E-state index is 0.188. The molecule has 3 heteroatoms. The first-order valence-electron chi connectivity index (χ1n) is 2.47. The molecule has 0 saturated carbocycles. The zero-order chi connectivity index (χ0) is 6.24. The average Bonchev–Trinajstić information content (AvgIpc) is 1.81.